The molecule has 1 aromatic heterocycles. The monoisotopic (exact) mass is 423 g/mol. The molecule has 23 heavy (non-hydrogen) atoms. The van der Waals surface area contributed by atoms with Crippen LogP contribution in [0.5, 0.6) is 0 Å². The molecule has 0 saturated carbocycles. The number of aromatic nitrogens is 1. The summed E-state index contributed by atoms with van der Waals surface area (Å²) < 4.78 is 28.3. The van der Waals surface area contributed by atoms with Crippen molar-refractivity contribution in [2.24, 2.45) is 7.05 Å². The Morgan fingerprint density at radius 3 is 1.70 bits per heavy atom. The fourth-order valence-corrected chi connectivity index (χ4v) is 2.50. The molecule has 3 aromatic rings. The van der Waals surface area contributed by atoms with E-state index in [4.69, 9.17) is 0 Å². The predicted octanol–water partition coefficient (Wildman–Crippen LogP) is 1.44. The minimum atomic E-state index is -0.252. The van der Waals surface area contributed by atoms with Crippen molar-refractivity contribution < 1.29 is 37.3 Å². The minimum absolute atomic E-state index is 0. The van der Waals surface area contributed by atoms with Crippen LogP contribution in [0.15, 0.2) is 60.7 Å². The van der Waals surface area contributed by atoms with E-state index in [-0.39, 0.29) is 35.6 Å². The summed E-state index contributed by atoms with van der Waals surface area (Å²) >= 11 is 0. The lowest BCUT2D eigenvalue weighted by atomic mass is 10.0. The van der Waals surface area contributed by atoms with Crippen LogP contribution in [-0.2, 0) is 7.05 Å². The van der Waals surface area contributed by atoms with Gasteiger partial charge < -0.3 is 24.0 Å². The quantitative estimate of drug-likeness (QED) is 0.434. The number of nitrogens with zero attached hydrogens (tertiary/aromatic N) is 1. The summed E-state index contributed by atoms with van der Waals surface area (Å²) in [5.41, 5.74) is 4.96. The van der Waals surface area contributed by atoms with E-state index in [1.807, 2.05) is 20.0 Å². The van der Waals surface area contributed by atoms with E-state index < -0.39 is 0 Å². The largest absolute Gasteiger partial charge is 1.00 e. The normalized spacial score (nSPS) is 10.3. The maximum Gasteiger partial charge on any atom is 0.213 e. The molecular weight excluding hydrogens is 407 g/mol. The number of pyridine rings is 1. The van der Waals surface area contributed by atoms with Crippen LogP contribution in [0.1, 0.15) is 5.69 Å². The molecule has 3 rings (SSSR count). The van der Waals surface area contributed by atoms with E-state index >= 15 is 0 Å². The molecule has 0 aliphatic rings. The summed E-state index contributed by atoms with van der Waals surface area (Å²) in [6.45, 7) is 2.01. The number of aryl methyl sites for hydroxylation is 1. The third kappa shape index (κ3) is 3.75. The zero-order valence-electron chi connectivity index (χ0n) is 12.9. The Morgan fingerprint density at radius 2 is 1.17 bits per heavy atom. The predicted molar refractivity (Wildman–Crippen MR) is 83.1 cm³/mol. The molecule has 0 amide bonds. The summed E-state index contributed by atoms with van der Waals surface area (Å²) in [5.74, 6) is -0.501. The maximum absolute atomic E-state index is 13.1. The van der Waals surface area contributed by atoms with Gasteiger partial charge in [-0.25, -0.2) is 8.78 Å². The van der Waals surface area contributed by atoms with Crippen LogP contribution in [0.2, 0.25) is 0 Å². The van der Waals surface area contributed by atoms with Crippen molar-refractivity contribution in [3.05, 3.63) is 78.0 Å². The summed E-state index contributed by atoms with van der Waals surface area (Å²) in [7, 11) is 1.97. The Morgan fingerprint density at radius 1 is 0.696 bits per heavy atom. The molecule has 4 heteroatoms. The highest BCUT2D eigenvalue weighted by Crippen LogP contribution is 2.25. The molecule has 0 spiro atoms. The highest BCUT2D eigenvalue weighted by Gasteiger charge is 2.15. The first-order chi connectivity index (χ1) is 10.5. The van der Waals surface area contributed by atoms with E-state index in [1.165, 1.54) is 24.3 Å². The average molecular weight is 423 g/mol. The number of rotatable bonds is 2. The molecule has 0 aliphatic heterocycles. The summed E-state index contributed by atoms with van der Waals surface area (Å²) in [6.07, 6.45) is 0. The lowest BCUT2D eigenvalue weighted by Gasteiger charge is -2.07. The van der Waals surface area contributed by atoms with Gasteiger partial charge in [-0.2, -0.15) is 4.57 Å². The summed E-state index contributed by atoms with van der Waals surface area (Å²) in [4.78, 5) is 0. The standard InChI is InChI=1S/C19H16F2N.HI/c1-13-11-16(14-3-7-17(20)8-4-14)12-19(22(13)2)15-5-9-18(21)10-6-15;/h3-12H,1-2H3;1H/q+1;/p-1. The minimum Gasteiger partial charge on any atom is -1.00 e. The molecule has 118 valence electrons. The van der Waals surface area contributed by atoms with Crippen molar-refractivity contribution in [3.63, 3.8) is 0 Å². The lowest BCUT2D eigenvalue weighted by molar-refractivity contribution is -0.666. The number of hydrogen-bond acceptors (Lipinski definition) is 0. The Kier molecular flexibility index (Phi) is 5.46. The lowest BCUT2D eigenvalue weighted by Crippen LogP contribution is -3.00. The van der Waals surface area contributed by atoms with Crippen LogP contribution >= 0.6 is 0 Å². The van der Waals surface area contributed by atoms with Gasteiger partial charge in [0.15, 0.2) is 5.69 Å². The van der Waals surface area contributed by atoms with Gasteiger partial charge in [-0.15, -0.1) is 0 Å². The third-order valence-corrected chi connectivity index (χ3v) is 3.86. The number of halogens is 3. The zero-order chi connectivity index (χ0) is 15.7. The van der Waals surface area contributed by atoms with E-state index in [0.29, 0.717) is 0 Å². The number of hydrogen-bond donors (Lipinski definition) is 0. The highest BCUT2D eigenvalue weighted by molar-refractivity contribution is 5.69. The first-order valence-corrected chi connectivity index (χ1v) is 7.07. The van der Waals surface area contributed by atoms with Crippen molar-refractivity contribution in [2.45, 2.75) is 6.92 Å². The van der Waals surface area contributed by atoms with Gasteiger partial charge in [-0.05, 0) is 47.5 Å². The van der Waals surface area contributed by atoms with Crippen molar-refractivity contribution in [1.82, 2.24) is 0 Å². The van der Waals surface area contributed by atoms with Crippen LogP contribution in [0.3, 0.4) is 0 Å². The van der Waals surface area contributed by atoms with Gasteiger partial charge in [-0.1, -0.05) is 12.1 Å². The van der Waals surface area contributed by atoms with Gasteiger partial charge in [-0.3, -0.25) is 0 Å². The molecule has 0 unspecified atom stereocenters. The smallest absolute Gasteiger partial charge is 0.213 e. The molecule has 0 saturated heterocycles. The molecule has 0 bridgehead atoms. The van der Waals surface area contributed by atoms with Crippen LogP contribution in [-0.4, -0.2) is 0 Å². The molecule has 1 heterocycles. The second-order valence-electron chi connectivity index (χ2n) is 5.34. The Bertz CT molecular complexity index is 812. The summed E-state index contributed by atoms with van der Waals surface area (Å²) in [5, 5.41) is 0. The highest BCUT2D eigenvalue weighted by atomic mass is 127. The van der Waals surface area contributed by atoms with Crippen LogP contribution in [0.25, 0.3) is 22.4 Å². The first kappa shape index (κ1) is 17.5. The van der Waals surface area contributed by atoms with Crippen molar-refractivity contribution in [1.29, 1.82) is 0 Å². The van der Waals surface area contributed by atoms with Gasteiger partial charge in [0, 0.05) is 24.6 Å². The second-order valence-corrected chi connectivity index (χ2v) is 5.34. The van der Waals surface area contributed by atoms with E-state index in [9.17, 15) is 8.78 Å². The van der Waals surface area contributed by atoms with Gasteiger partial charge >= 0.3 is 0 Å². The summed E-state index contributed by atoms with van der Waals surface area (Å²) in [6, 6.07) is 17.0. The van der Waals surface area contributed by atoms with E-state index in [2.05, 4.69) is 10.6 Å². The Hall–Kier alpha value is -1.82. The fraction of sp³-hybridized carbons (Fsp3) is 0.105. The molecule has 0 N–H and O–H groups in total. The zero-order valence-corrected chi connectivity index (χ0v) is 15.0. The molecule has 1 nitrogen and oxygen atoms in total. The molecule has 0 fully saturated rings. The van der Waals surface area contributed by atoms with Crippen LogP contribution in [0.4, 0.5) is 8.78 Å². The maximum atomic E-state index is 13.1. The fourth-order valence-electron chi connectivity index (χ4n) is 2.50. The van der Waals surface area contributed by atoms with Crippen LogP contribution < -0.4 is 28.5 Å². The molecular formula is C19H16F2IN. The molecule has 2 aromatic carbocycles. The van der Waals surface area contributed by atoms with Crippen LogP contribution in [0, 0.1) is 18.6 Å². The molecule has 0 aliphatic carbocycles. The van der Waals surface area contributed by atoms with E-state index in [1.54, 1.807) is 24.3 Å². The first-order valence-electron chi connectivity index (χ1n) is 7.07. The average Bonchev–Trinajstić information content (AvgIpc) is 2.52. The Balaban J connectivity index is 0.00000192. The van der Waals surface area contributed by atoms with Crippen molar-refractivity contribution in [2.75, 3.05) is 0 Å². The van der Waals surface area contributed by atoms with Crippen molar-refractivity contribution >= 4 is 0 Å². The third-order valence-electron chi connectivity index (χ3n) is 3.86. The SMILES string of the molecule is Cc1cc(-c2ccc(F)cc2)cc(-c2ccc(F)cc2)[n+]1C.[I-]. The molecule has 0 radical (unpaired) electrons. The Labute approximate surface area is 151 Å². The van der Waals surface area contributed by atoms with Gasteiger partial charge in [0.2, 0.25) is 5.69 Å². The number of benzene rings is 2. The van der Waals surface area contributed by atoms with E-state index in [0.717, 1.165) is 28.1 Å². The van der Waals surface area contributed by atoms with Crippen molar-refractivity contribution in [3.8, 4) is 22.4 Å². The van der Waals surface area contributed by atoms with Gasteiger partial charge in [0.1, 0.15) is 18.7 Å². The topological polar surface area (TPSA) is 3.88 Å². The van der Waals surface area contributed by atoms with Gasteiger partial charge in [0.05, 0.1) is 0 Å². The van der Waals surface area contributed by atoms with Gasteiger partial charge in [0.25, 0.3) is 0 Å². The molecule has 0 atom stereocenters. The second kappa shape index (κ2) is 7.17.